The summed E-state index contributed by atoms with van der Waals surface area (Å²) in [5, 5.41) is 0. The monoisotopic (exact) mass is 476 g/mol. The van der Waals surface area contributed by atoms with Crippen LogP contribution in [-0.2, 0) is 23.0 Å². The van der Waals surface area contributed by atoms with Gasteiger partial charge < -0.3 is 9.29 Å². The van der Waals surface area contributed by atoms with Crippen LogP contribution in [0.25, 0.3) is 0 Å². The molecule has 0 aliphatic carbocycles. The minimum absolute atomic E-state index is 0. The molecule has 6 heteroatoms. The minimum atomic E-state index is -4.21. The molecule has 0 fully saturated rings. The Morgan fingerprint density at radius 3 is 1.94 bits per heavy atom. The maximum absolute atomic E-state index is 11.0. The maximum atomic E-state index is 11.0. The van der Waals surface area contributed by atoms with Gasteiger partial charge in [0.2, 0.25) is 0 Å². The number of hydrogen-bond acceptors (Lipinski definition) is 4. The van der Waals surface area contributed by atoms with Crippen molar-refractivity contribution >= 4 is 10.1 Å². The maximum Gasteiger partial charge on any atom is 1.00 e. The summed E-state index contributed by atoms with van der Waals surface area (Å²) in [6.45, 7) is 6.32. The van der Waals surface area contributed by atoms with Crippen LogP contribution in [0, 0.1) is 0 Å². The number of ether oxygens (including phenoxy) is 1. The van der Waals surface area contributed by atoms with Crippen molar-refractivity contribution < 1.29 is 47.3 Å². The summed E-state index contributed by atoms with van der Waals surface area (Å²) >= 11 is 0. The van der Waals surface area contributed by atoms with Crippen molar-refractivity contribution in [3.05, 3.63) is 29.3 Å². The average molecular weight is 477 g/mol. The molecule has 32 heavy (non-hydrogen) atoms. The first-order valence-corrected chi connectivity index (χ1v) is 14.2. The molecule has 0 spiro atoms. The fourth-order valence-electron chi connectivity index (χ4n) is 3.86. The van der Waals surface area contributed by atoms with Gasteiger partial charge in [-0.15, -0.1) is 0 Å². The van der Waals surface area contributed by atoms with E-state index in [9.17, 15) is 13.0 Å². The zero-order valence-electron chi connectivity index (χ0n) is 21.2. The zero-order valence-corrected chi connectivity index (χ0v) is 24.0. The fourth-order valence-corrected chi connectivity index (χ4v) is 4.48. The molecule has 0 bridgehead atoms. The average Bonchev–Trinajstić information content (AvgIpc) is 2.72. The van der Waals surface area contributed by atoms with Crippen molar-refractivity contribution in [2.45, 2.75) is 123 Å². The first-order chi connectivity index (χ1) is 14.9. The van der Waals surface area contributed by atoms with Gasteiger partial charge in [0, 0.05) is 5.75 Å². The van der Waals surface area contributed by atoms with E-state index in [1.54, 1.807) is 0 Å². The van der Waals surface area contributed by atoms with E-state index in [0.717, 1.165) is 25.0 Å². The van der Waals surface area contributed by atoms with Crippen molar-refractivity contribution in [1.82, 2.24) is 0 Å². The molecule has 0 aliphatic rings. The van der Waals surface area contributed by atoms with Crippen LogP contribution in [0.2, 0.25) is 0 Å². The first kappa shape index (κ1) is 31.9. The molecule has 1 rings (SSSR count). The molecule has 180 valence electrons. The van der Waals surface area contributed by atoms with E-state index in [-0.39, 0.29) is 47.8 Å². The van der Waals surface area contributed by atoms with E-state index in [1.807, 2.05) is 6.92 Å². The molecule has 0 saturated carbocycles. The van der Waals surface area contributed by atoms with E-state index < -0.39 is 10.1 Å². The van der Waals surface area contributed by atoms with Crippen LogP contribution in [0.15, 0.2) is 18.2 Å². The molecule has 1 unspecified atom stereocenters. The van der Waals surface area contributed by atoms with E-state index in [1.165, 1.54) is 81.8 Å². The van der Waals surface area contributed by atoms with Gasteiger partial charge in [-0.25, -0.2) is 8.42 Å². The largest absolute Gasteiger partial charge is 1.00 e. The second kappa shape index (κ2) is 19.3. The number of rotatable bonds is 19. The minimum Gasteiger partial charge on any atom is -0.748 e. The molecular formula is C26H45NaO4S. The third-order valence-corrected chi connectivity index (χ3v) is 6.59. The Hall–Kier alpha value is -0.0700. The Morgan fingerprint density at radius 1 is 0.844 bits per heavy atom. The summed E-state index contributed by atoms with van der Waals surface area (Å²) in [4.78, 5) is 0. The van der Waals surface area contributed by atoms with Gasteiger partial charge >= 0.3 is 29.6 Å². The molecular weight excluding hydrogens is 431 g/mol. The summed E-state index contributed by atoms with van der Waals surface area (Å²) in [5.41, 5.74) is 2.47. The van der Waals surface area contributed by atoms with Crippen molar-refractivity contribution in [1.29, 1.82) is 0 Å². The Kier molecular flexibility index (Phi) is 19.2. The Bertz CT molecular complexity index is 691. The molecule has 0 heterocycles. The van der Waals surface area contributed by atoms with E-state index in [4.69, 9.17) is 4.74 Å². The van der Waals surface area contributed by atoms with Crippen LogP contribution in [0.1, 0.15) is 115 Å². The molecule has 0 aromatic heterocycles. The molecule has 1 aromatic rings. The van der Waals surface area contributed by atoms with Gasteiger partial charge in [0.25, 0.3) is 0 Å². The number of unbranched alkanes of at least 4 members (excludes halogenated alkanes) is 10. The van der Waals surface area contributed by atoms with Crippen LogP contribution in [0.4, 0.5) is 0 Å². The molecule has 0 saturated heterocycles. The second-order valence-electron chi connectivity index (χ2n) is 8.96. The number of benzene rings is 1. The van der Waals surface area contributed by atoms with Gasteiger partial charge in [0.1, 0.15) is 5.75 Å². The smallest absolute Gasteiger partial charge is 0.748 e. The van der Waals surface area contributed by atoms with Gasteiger partial charge in [-0.2, -0.15) is 0 Å². The SMILES string of the molecule is CCCCCCCCc1ccc(CCCCCCCC)c(OC(C)CCS(=O)(=O)[O-])c1.[Na+]. The summed E-state index contributed by atoms with van der Waals surface area (Å²) in [6, 6.07) is 6.55. The third kappa shape index (κ3) is 16.5. The van der Waals surface area contributed by atoms with Gasteiger partial charge in [-0.1, -0.05) is 90.2 Å². The second-order valence-corrected chi connectivity index (χ2v) is 10.5. The molecule has 0 amide bonds. The van der Waals surface area contributed by atoms with Gasteiger partial charge in [0.05, 0.1) is 16.2 Å². The van der Waals surface area contributed by atoms with Crippen molar-refractivity contribution in [3.63, 3.8) is 0 Å². The standard InChI is InChI=1S/C26H46O4S.Na/c1-4-6-8-10-12-14-16-24-18-19-25(17-15-13-11-9-7-5-2)26(22-24)30-23(3)20-21-31(27,28)29;/h18-19,22-23H,4-17,20-21H2,1-3H3,(H,27,28,29);/q;+1/p-1. The van der Waals surface area contributed by atoms with Gasteiger partial charge in [-0.05, 0) is 56.2 Å². The van der Waals surface area contributed by atoms with Crippen LogP contribution in [0.5, 0.6) is 5.75 Å². The van der Waals surface area contributed by atoms with Gasteiger partial charge in [0.15, 0.2) is 0 Å². The molecule has 4 nitrogen and oxygen atoms in total. The molecule has 1 atom stereocenters. The van der Waals surface area contributed by atoms with Crippen molar-refractivity contribution in [3.8, 4) is 5.75 Å². The van der Waals surface area contributed by atoms with Crippen LogP contribution in [0.3, 0.4) is 0 Å². The predicted octanol–water partition coefficient (Wildman–Crippen LogP) is 4.20. The number of aryl methyl sites for hydroxylation is 2. The Morgan fingerprint density at radius 2 is 1.38 bits per heavy atom. The molecule has 0 radical (unpaired) electrons. The molecule has 1 aromatic carbocycles. The predicted molar refractivity (Wildman–Crippen MR) is 130 cm³/mol. The first-order valence-electron chi connectivity index (χ1n) is 12.6. The quantitative estimate of drug-likeness (QED) is 0.171. The molecule has 0 aliphatic heterocycles. The van der Waals surface area contributed by atoms with Crippen LogP contribution in [-0.4, -0.2) is 24.8 Å². The Balaban J connectivity index is 0.00000961. The topological polar surface area (TPSA) is 66.4 Å². The van der Waals surface area contributed by atoms with E-state index >= 15 is 0 Å². The Labute approximate surface area is 220 Å². The zero-order chi connectivity index (χ0) is 23.0. The third-order valence-electron chi connectivity index (χ3n) is 5.85. The summed E-state index contributed by atoms with van der Waals surface area (Å²) in [6.07, 6.45) is 17.1. The van der Waals surface area contributed by atoms with Crippen LogP contribution >= 0.6 is 0 Å². The fraction of sp³-hybridized carbons (Fsp3) is 0.769. The van der Waals surface area contributed by atoms with E-state index in [0.29, 0.717) is 0 Å². The summed E-state index contributed by atoms with van der Waals surface area (Å²) < 4.78 is 39.0. The van der Waals surface area contributed by atoms with Crippen LogP contribution < -0.4 is 34.3 Å². The summed E-state index contributed by atoms with van der Waals surface area (Å²) in [7, 11) is -4.21. The molecule has 0 N–H and O–H groups in total. The van der Waals surface area contributed by atoms with Gasteiger partial charge in [-0.3, -0.25) is 0 Å². The van der Waals surface area contributed by atoms with E-state index in [2.05, 4.69) is 32.0 Å². The number of hydrogen-bond donors (Lipinski definition) is 0. The van der Waals surface area contributed by atoms with Crippen molar-refractivity contribution in [2.75, 3.05) is 5.75 Å². The normalized spacial score (nSPS) is 12.4. The van der Waals surface area contributed by atoms with Crippen molar-refractivity contribution in [2.24, 2.45) is 0 Å². The summed E-state index contributed by atoms with van der Waals surface area (Å²) in [5.74, 6) is 0.492.